The van der Waals surface area contributed by atoms with E-state index in [1.165, 1.54) is 6.92 Å². The number of rotatable bonds is 9. The van der Waals surface area contributed by atoms with Crippen LogP contribution < -0.4 is 5.32 Å². The molecule has 37 heavy (non-hydrogen) atoms. The van der Waals surface area contributed by atoms with E-state index in [4.69, 9.17) is 9.47 Å². The van der Waals surface area contributed by atoms with Crippen molar-refractivity contribution in [2.24, 2.45) is 0 Å². The van der Waals surface area contributed by atoms with Crippen LogP contribution in [0.1, 0.15) is 45.1 Å². The molecule has 8 nitrogen and oxygen atoms in total. The molecule has 2 heterocycles. The number of thiophene rings is 1. The molecule has 13 heteroatoms. The molecule has 0 bridgehead atoms. The van der Waals surface area contributed by atoms with Crippen LogP contribution >= 0.6 is 23.1 Å². The molecular weight excluding hydrogens is 531 g/mol. The maximum atomic E-state index is 13.4. The van der Waals surface area contributed by atoms with Gasteiger partial charge in [0, 0.05) is 5.56 Å². The van der Waals surface area contributed by atoms with E-state index < -0.39 is 29.7 Å². The summed E-state index contributed by atoms with van der Waals surface area (Å²) in [6, 6.07) is 9.12. The Labute approximate surface area is 218 Å². The highest BCUT2D eigenvalue weighted by Gasteiger charge is 2.34. The molecule has 1 aromatic carbocycles. The number of ether oxygens (including phenoxy) is 2. The Morgan fingerprint density at radius 2 is 1.68 bits per heavy atom. The highest BCUT2D eigenvalue weighted by molar-refractivity contribution is 7.99. The van der Waals surface area contributed by atoms with E-state index in [0.717, 1.165) is 17.4 Å². The first kappa shape index (κ1) is 28.1. The Hall–Kier alpha value is -3.45. The molecule has 0 atom stereocenters. The molecule has 0 unspecified atom stereocenters. The minimum atomic E-state index is -4.71. The van der Waals surface area contributed by atoms with Crippen LogP contribution in [-0.2, 0) is 20.4 Å². The maximum absolute atomic E-state index is 13.4. The van der Waals surface area contributed by atoms with Gasteiger partial charge in [0.1, 0.15) is 15.6 Å². The van der Waals surface area contributed by atoms with Crippen molar-refractivity contribution in [1.29, 1.82) is 0 Å². The second kappa shape index (κ2) is 12.2. The Morgan fingerprint density at radius 3 is 2.30 bits per heavy atom. The number of nitrogens with zero attached hydrogens (tertiary/aromatic N) is 2. The molecule has 196 valence electrons. The van der Waals surface area contributed by atoms with E-state index in [1.807, 2.05) is 0 Å². The summed E-state index contributed by atoms with van der Waals surface area (Å²) in [7, 11) is 0. The number of thioether (sulfide) groups is 1. The van der Waals surface area contributed by atoms with Crippen LogP contribution in [0.15, 0.2) is 41.6 Å². The Bertz CT molecular complexity index is 1300. The van der Waals surface area contributed by atoms with Gasteiger partial charge in [-0.2, -0.15) is 13.2 Å². The fourth-order valence-electron chi connectivity index (χ4n) is 3.13. The number of benzene rings is 1. The minimum absolute atomic E-state index is 0.00920. The van der Waals surface area contributed by atoms with Crippen molar-refractivity contribution in [3.8, 4) is 11.3 Å². The molecule has 0 saturated carbocycles. The van der Waals surface area contributed by atoms with Crippen LogP contribution in [0, 0.1) is 6.92 Å². The molecule has 0 saturated heterocycles. The second-order valence-corrected chi connectivity index (χ2v) is 9.29. The summed E-state index contributed by atoms with van der Waals surface area (Å²) in [5.74, 6) is -2.39. The average molecular weight is 554 g/mol. The zero-order valence-electron chi connectivity index (χ0n) is 20.0. The van der Waals surface area contributed by atoms with Gasteiger partial charge in [-0.15, -0.1) is 11.3 Å². The number of halogens is 3. The lowest BCUT2D eigenvalue weighted by molar-refractivity contribution is -0.141. The summed E-state index contributed by atoms with van der Waals surface area (Å²) in [5, 5.41) is 2.36. The van der Waals surface area contributed by atoms with Crippen LogP contribution in [0.3, 0.4) is 0 Å². The first-order chi connectivity index (χ1) is 17.5. The zero-order chi connectivity index (χ0) is 27.2. The van der Waals surface area contributed by atoms with Crippen LogP contribution in [0.5, 0.6) is 0 Å². The number of nitrogens with one attached hydrogen (secondary N) is 1. The number of amides is 1. The Kier molecular flexibility index (Phi) is 9.27. The lowest BCUT2D eigenvalue weighted by Gasteiger charge is -2.11. The zero-order valence-corrected chi connectivity index (χ0v) is 21.6. The number of hydrogen-bond acceptors (Lipinski definition) is 9. The van der Waals surface area contributed by atoms with E-state index in [-0.39, 0.29) is 45.3 Å². The number of carbonyl (C=O) groups is 3. The van der Waals surface area contributed by atoms with Crippen LogP contribution in [-0.4, -0.2) is 46.8 Å². The molecule has 2 aromatic heterocycles. The van der Waals surface area contributed by atoms with Crippen molar-refractivity contribution in [2.45, 2.75) is 32.1 Å². The van der Waals surface area contributed by atoms with Crippen molar-refractivity contribution in [3.63, 3.8) is 0 Å². The molecule has 1 amide bonds. The molecular formula is C24H22F3N3O5S2. The maximum Gasteiger partial charge on any atom is 0.433 e. The van der Waals surface area contributed by atoms with Gasteiger partial charge in [0.15, 0.2) is 5.16 Å². The molecule has 0 aliphatic rings. The number of hydrogen-bond donors (Lipinski definition) is 1. The van der Waals surface area contributed by atoms with Crippen LogP contribution in [0.2, 0.25) is 0 Å². The Morgan fingerprint density at radius 1 is 1.03 bits per heavy atom. The number of carbonyl (C=O) groups excluding carboxylic acids is 3. The second-order valence-electron chi connectivity index (χ2n) is 7.32. The van der Waals surface area contributed by atoms with Crippen LogP contribution in [0.4, 0.5) is 18.2 Å². The Balaban J connectivity index is 1.84. The largest absolute Gasteiger partial charge is 0.462 e. The number of anilines is 1. The van der Waals surface area contributed by atoms with Gasteiger partial charge in [-0.3, -0.25) is 4.79 Å². The molecule has 3 rings (SSSR count). The van der Waals surface area contributed by atoms with Gasteiger partial charge in [-0.05, 0) is 32.4 Å². The highest BCUT2D eigenvalue weighted by Crippen LogP contribution is 2.35. The molecule has 0 fully saturated rings. The van der Waals surface area contributed by atoms with E-state index in [1.54, 1.807) is 44.2 Å². The summed E-state index contributed by atoms with van der Waals surface area (Å²) >= 11 is 1.55. The van der Waals surface area contributed by atoms with Gasteiger partial charge in [0.25, 0.3) is 0 Å². The predicted octanol–water partition coefficient (Wildman–Crippen LogP) is 5.62. The quantitative estimate of drug-likeness (QED) is 0.207. The van der Waals surface area contributed by atoms with Crippen molar-refractivity contribution in [1.82, 2.24) is 9.97 Å². The average Bonchev–Trinajstić information content (AvgIpc) is 3.18. The van der Waals surface area contributed by atoms with E-state index in [0.29, 0.717) is 22.9 Å². The van der Waals surface area contributed by atoms with Gasteiger partial charge in [0.05, 0.1) is 30.2 Å². The minimum Gasteiger partial charge on any atom is -0.462 e. The molecule has 0 aliphatic carbocycles. The topological polar surface area (TPSA) is 107 Å². The molecule has 0 spiro atoms. The van der Waals surface area contributed by atoms with Gasteiger partial charge in [-0.25, -0.2) is 19.6 Å². The number of esters is 2. The molecule has 0 radical (unpaired) electrons. The molecule has 1 N–H and O–H groups in total. The fourth-order valence-corrected chi connectivity index (χ4v) is 4.89. The van der Waals surface area contributed by atoms with E-state index in [9.17, 15) is 27.6 Å². The van der Waals surface area contributed by atoms with Gasteiger partial charge in [0.2, 0.25) is 5.91 Å². The van der Waals surface area contributed by atoms with E-state index in [2.05, 4.69) is 15.3 Å². The smallest absolute Gasteiger partial charge is 0.433 e. The normalized spacial score (nSPS) is 11.2. The van der Waals surface area contributed by atoms with E-state index >= 15 is 0 Å². The summed E-state index contributed by atoms with van der Waals surface area (Å²) < 4.78 is 50.4. The number of aromatic nitrogens is 2. The van der Waals surface area contributed by atoms with Crippen molar-refractivity contribution < 1.29 is 37.0 Å². The highest BCUT2D eigenvalue weighted by atomic mass is 32.2. The summed E-state index contributed by atoms with van der Waals surface area (Å²) in [6.07, 6.45) is -4.71. The standard InChI is InChI=1S/C24H22F3N3O5S2/c1-4-34-21(32)18-13(3)19(22(33)35-5-2)37-20(18)30-17(31)12-36-23-28-15(14-9-7-6-8-10-14)11-16(29-23)24(25,26)27/h6-11H,4-5,12H2,1-3H3,(H,30,31). The lowest BCUT2D eigenvalue weighted by Crippen LogP contribution is -2.17. The summed E-state index contributed by atoms with van der Waals surface area (Å²) in [5.41, 5.74) is -0.319. The molecule has 3 aromatic rings. The van der Waals surface area contributed by atoms with Crippen molar-refractivity contribution in [3.05, 3.63) is 58.1 Å². The first-order valence-electron chi connectivity index (χ1n) is 11.0. The number of alkyl halides is 3. The third-order valence-electron chi connectivity index (χ3n) is 4.74. The van der Waals surface area contributed by atoms with Gasteiger partial charge >= 0.3 is 18.1 Å². The van der Waals surface area contributed by atoms with Crippen molar-refractivity contribution in [2.75, 3.05) is 24.3 Å². The van der Waals surface area contributed by atoms with Crippen molar-refractivity contribution >= 4 is 45.9 Å². The third kappa shape index (κ3) is 7.07. The van der Waals surface area contributed by atoms with Gasteiger partial charge in [-0.1, -0.05) is 42.1 Å². The predicted molar refractivity (Wildman–Crippen MR) is 133 cm³/mol. The fraction of sp³-hybridized carbons (Fsp3) is 0.292. The lowest BCUT2D eigenvalue weighted by atomic mass is 10.1. The summed E-state index contributed by atoms with van der Waals surface area (Å²) in [6.45, 7) is 4.96. The SMILES string of the molecule is CCOC(=O)c1sc(NC(=O)CSc2nc(-c3ccccc3)cc(C(F)(F)F)n2)c(C(=O)OCC)c1C. The van der Waals surface area contributed by atoms with Crippen LogP contribution in [0.25, 0.3) is 11.3 Å². The van der Waals surface area contributed by atoms with Gasteiger partial charge < -0.3 is 14.8 Å². The third-order valence-corrected chi connectivity index (χ3v) is 6.77. The first-order valence-corrected chi connectivity index (χ1v) is 12.8. The molecule has 0 aliphatic heterocycles. The summed E-state index contributed by atoms with van der Waals surface area (Å²) in [4.78, 5) is 45.3. The monoisotopic (exact) mass is 553 g/mol.